The summed E-state index contributed by atoms with van der Waals surface area (Å²) < 4.78 is 0. The minimum atomic E-state index is -0.288. The molecule has 0 aliphatic rings. The molecule has 2 heterocycles. The van der Waals surface area contributed by atoms with Crippen LogP contribution in [0.5, 0.6) is 0 Å². The average molecular weight is 307 g/mol. The summed E-state index contributed by atoms with van der Waals surface area (Å²) in [4.78, 5) is 21.3. The molecule has 0 atom stereocenters. The van der Waals surface area contributed by atoms with Gasteiger partial charge in [0.25, 0.3) is 5.56 Å². The minimum absolute atomic E-state index is 0.204. The third-order valence-electron chi connectivity index (χ3n) is 2.77. The second-order valence-corrected chi connectivity index (χ2v) is 5.22. The maximum atomic E-state index is 11.4. The zero-order chi connectivity index (χ0) is 15.2. The van der Waals surface area contributed by atoms with Gasteiger partial charge in [0.05, 0.1) is 11.1 Å². The Balaban J connectivity index is 2.01. The van der Waals surface area contributed by atoms with Crippen LogP contribution in [-0.2, 0) is 0 Å². The zero-order valence-electron chi connectivity index (χ0n) is 12.1. The van der Waals surface area contributed by atoms with Gasteiger partial charge >= 0.3 is 0 Å². The van der Waals surface area contributed by atoms with Crippen LogP contribution in [0.15, 0.2) is 16.1 Å². The third kappa shape index (κ3) is 3.85. The van der Waals surface area contributed by atoms with Crippen LogP contribution in [0.25, 0.3) is 0 Å². The third-order valence-corrected chi connectivity index (χ3v) is 3.76. The maximum absolute atomic E-state index is 11.4. The van der Waals surface area contributed by atoms with Crippen molar-refractivity contribution in [1.82, 2.24) is 20.2 Å². The fourth-order valence-electron chi connectivity index (χ4n) is 1.58. The van der Waals surface area contributed by atoms with Gasteiger partial charge in [0.2, 0.25) is 5.95 Å². The second-order valence-electron chi connectivity index (χ2n) is 4.18. The molecule has 0 amide bonds. The highest BCUT2D eigenvalue weighted by molar-refractivity contribution is 7.17. The van der Waals surface area contributed by atoms with Crippen LogP contribution in [0.3, 0.4) is 0 Å². The summed E-state index contributed by atoms with van der Waals surface area (Å²) >= 11 is 1.55. The average Bonchev–Trinajstić information content (AvgIpc) is 2.93. The lowest BCUT2D eigenvalue weighted by molar-refractivity contribution is 0.860. The van der Waals surface area contributed by atoms with Gasteiger partial charge < -0.3 is 4.90 Å². The Hall–Kier alpha value is -2.29. The smallest absolute Gasteiger partial charge is 0.274 e. The highest BCUT2D eigenvalue weighted by atomic mass is 32.1. The van der Waals surface area contributed by atoms with Crippen molar-refractivity contribution < 1.29 is 0 Å². The number of aromatic amines is 1. The number of nitrogens with zero attached hydrogens (tertiary/aromatic N) is 5. The molecule has 0 spiro atoms. The standard InChI is InChI=1S/C12H17N7OS/c1-4-19(5-2)12-13-6-9(21-12)7-14-17-11-15-10(20)8(3)16-18-11/h6-7H,4-5H2,1-3H3,(H2,15,17,18,20)/b14-7-. The summed E-state index contributed by atoms with van der Waals surface area (Å²) in [6.45, 7) is 7.60. The summed E-state index contributed by atoms with van der Waals surface area (Å²) in [6.07, 6.45) is 3.39. The number of hydrazone groups is 1. The van der Waals surface area contributed by atoms with Crippen LogP contribution >= 0.6 is 11.3 Å². The normalized spacial score (nSPS) is 11.0. The number of hydrogen-bond donors (Lipinski definition) is 2. The Morgan fingerprint density at radius 1 is 1.43 bits per heavy atom. The Morgan fingerprint density at radius 3 is 2.86 bits per heavy atom. The van der Waals surface area contributed by atoms with Crippen molar-refractivity contribution in [2.45, 2.75) is 20.8 Å². The van der Waals surface area contributed by atoms with Crippen molar-refractivity contribution in [2.24, 2.45) is 5.10 Å². The molecule has 8 nitrogen and oxygen atoms in total. The molecule has 0 radical (unpaired) electrons. The number of thiazole rings is 1. The SMILES string of the molecule is CCN(CC)c1ncc(/C=N\Nc2nnc(C)c(=O)[nH]2)s1. The Morgan fingerprint density at radius 2 is 2.19 bits per heavy atom. The largest absolute Gasteiger partial charge is 0.349 e. The van der Waals surface area contributed by atoms with Crippen LogP contribution in [0.1, 0.15) is 24.4 Å². The van der Waals surface area contributed by atoms with E-state index < -0.39 is 0 Å². The van der Waals surface area contributed by atoms with Gasteiger partial charge in [-0.2, -0.15) is 5.10 Å². The second kappa shape index (κ2) is 6.93. The molecule has 2 aromatic heterocycles. The van der Waals surface area contributed by atoms with E-state index in [1.165, 1.54) is 0 Å². The van der Waals surface area contributed by atoms with E-state index in [1.54, 1.807) is 30.7 Å². The van der Waals surface area contributed by atoms with E-state index in [4.69, 9.17) is 0 Å². The summed E-state index contributed by atoms with van der Waals surface area (Å²) in [6, 6.07) is 0. The van der Waals surface area contributed by atoms with Crippen molar-refractivity contribution in [2.75, 3.05) is 23.4 Å². The summed E-state index contributed by atoms with van der Waals surface area (Å²) in [5, 5.41) is 12.5. The molecule has 21 heavy (non-hydrogen) atoms. The first-order valence-corrected chi connectivity index (χ1v) is 7.39. The first-order chi connectivity index (χ1) is 10.1. The van der Waals surface area contributed by atoms with E-state index in [0.29, 0.717) is 5.69 Å². The Bertz CT molecular complexity index is 674. The highest BCUT2D eigenvalue weighted by Crippen LogP contribution is 2.20. The predicted molar refractivity (Wildman–Crippen MR) is 84.3 cm³/mol. The topological polar surface area (TPSA) is 99.2 Å². The van der Waals surface area contributed by atoms with Crippen LogP contribution in [0.2, 0.25) is 0 Å². The fraction of sp³-hybridized carbons (Fsp3) is 0.417. The van der Waals surface area contributed by atoms with E-state index in [9.17, 15) is 4.79 Å². The van der Waals surface area contributed by atoms with Crippen LogP contribution in [0.4, 0.5) is 11.1 Å². The van der Waals surface area contributed by atoms with Crippen LogP contribution in [-0.4, -0.2) is 39.5 Å². The molecule has 0 saturated heterocycles. The van der Waals surface area contributed by atoms with Crippen molar-refractivity contribution in [1.29, 1.82) is 0 Å². The van der Waals surface area contributed by atoms with E-state index in [0.717, 1.165) is 23.1 Å². The number of anilines is 2. The van der Waals surface area contributed by atoms with Gasteiger partial charge in [-0.1, -0.05) is 11.3 Å². The van der Waals surface area contributed by atoms with E-state index in [2.05, 4.69) is 49.4 Å². The zero-order valence-corrected chi connectivity index (χ0v) is 12.9. The number of rotatable bonds is 6. The fourth-order valence-corrected chi connectivity index (χ4v) is 2.49. The number of aryl methyl sites for hydroxylation is 1. The van der Waals surface area contributed by atoms with Crippen molar-refractivity contribution in [3.8, 4) is 0 Å². The molecule has 2 aromatic rings. The molecular weight excluding hydrogens is 290 g/mol. The summed E-state index contributed by atoms with van der Waals surface area (Å²) in [5.41, 5.74) is 2.66. The van der Waals surface area contributed by atoms with Gasteiger partial charge in [-0.3, -0.25) is 9.78 Å². The monoisotopic (exact) mass is 307 g/mol. The Kier molecular flexibility index (Phi) is 4.99. The van der Waals surface area contributed by atoms with Crippen LogP contribution < -0.4 is 15.9 Å². The molecule has 9 heteroatoms. The molecular formula is C12H17N7OS. The molecule has 0 aliphatic heterocycles. The molecule has 2 N–H and O–H groups in total. The van der Waals surface area contributed by atoms with E-state index >= 15 is 0 Å². The molecule has 0 bridgehead atoms. The number of hydrogen-bond acceptors (Lipinski definition) is 8. The Labute approximate surface area is 126 Å². The maximum Gasteiger partial charge on any atom is 0.274 e. The van der Waals surface area contributed by atoms with Gasteiger partial charge in [0, 0.05) is 19.3 Å². The summed E-state index contributed by atoms with van der Waals surface area (Å²) in [7, 11) is 0. The first-order valence-electron chi connectivity index (χ1n) is 6.57. The molecule has 0 aromatic carbocycles. The van der Waals surface area contributed by atoms with E-state index in [1.807, 2.05) is 0 Å². The number of nitrogens with one attached hydrogen (secondary N) is 2. The van der Waals surface area contributed by atoms with Gasteiger partial charge in [-0.05, 0) is 20.8 Å². The predicted octanol–water partition coefficient (Wildman–Crippen LogP) is 1.22. The lowest BCUT2D eigenvalue weighted by Gasteiger charge is -2.16. The molecule has 112 valence electrons. The lowest BCUT2D eigenvalue weighted by Crippen LogP contribution is -2.21. The first kappa shape index (κ1) is 15.1. The lowest BCUT2D eigenvalue weighted by atomic mass is 10.5. The molecule has 2 rings (SSSR count). The highest BCUT2D eigenvalue weighted by Gasteiger charge is 2.06. The molecule has 0 fully saturated rings. The minimum Gasteiger partial charge on any atom is -0.349 e. The van der Waals surface area contributed by atoms with Crippen molar-refractivity contribution >= 4 is 28.6 Å². The van der Waals surface area contributed by atoms with Crippen molar-refractivity contribution in [3.63, 3.8) is 0 Å². The van der Waals surface area contributed by atoms with Gasteiger partial charge in [0.15, 0.2) is 5.13 Å². The molecule has 0 aliphatic carbocycles. The van der Waals surface area contributed by atoms with Gasteiger partial charge in [0.1, 0.15) is 5.69 Å². The van der Waals surface area contributed by atoms with E-state index in [-0.39, 0.29) is 11.5 Å². The summed E-state index contributed by atoms with van der Waals surface area (Å²) in [5.74, 6) is 0.204. The molecule has 0 saturated carbocycles. The number of H-pyrrole nitrogens is 1. The van der Waals surface area contributed by atoms with Gasteiger partial charge in [-0.15, -0.1) is 10.2 Å². The number of aromatic nitrogens is 4. The quantitative estimate of drug-likeness (QED) is 0.615. The van der Waals surface area contributed by atoms with Gasteiger partial charge in [-0.25, -0.2) is 10.4 Å². The molecule has 0 unspecified atom stereocenters. The van der Waals surface area contributed by atoms with Crippen molar-refractivity contribution in [3.05, 3.63) is 27.1 Å². The van der Waals surface area contributed by atoms with Crippen LogP contribution in [0, 0.1) is 6.92 Å².